The Bertz CT molecular complexity index is 790. The van der Waals surface area contributed by atoms with Crippen LogP contribution in [0.3, 0.4) is 0 Å². The smallest absolute Gasteiger partial charge is 0.330 e. The zero-order chi connectivity index (χ0) is 17.4. The summed E-state index contributed by atoms with van der Waals surface area (Å²) >= 11 is 0. The van der Waals surface area contributed by atoms with Crippen LogP contribution in [0.1, 0.15) is 16.7 Å². The Morgan fingerprint density at radius 2 is 2.00 bits per heavy atom. The second-order valence-electron chi connectivity index (χ2n) is 4.87. The van der Waals surface area contributed by atoms with E-state index in [-0.39, 0.29) is 0 Å². The molecule has 0 fully saturated rings. The Kier molecular flexibility index (Phi) is 5.98. The summed E-state index contributed by atoms with van der Waals surface area (Å²) in [6.07, 6.45) is 2.97. The van der Waals surface area contributed by atoms with Gasteiger partial charge in [0.05, 0.1) is 25.9 Å². The lowest BCUT2D eigenvalue weighted by atomic mass is 10.1. The van der Waals surface area contributed by atoms with Gasteiger partial charge in [-0.15, -0.1) is 0 Å². The van der Waals surface area contributed by atoms with E-state index in [0.29, 0.717) is 23.7 Å². The topological polar surface area (TPSA) is 68.5 Å². The molecular formula is C19H17NO4. The van der Waals surface area contributed by atoms with Crippen molar-refractivity contribution in [2.24, 2.45) is 0 Å². The number of methoxy groups -OCH3 is 2. The first-order chi connectivity index (χ1) is 11.7. The Morgan fingerprint density at radius 1 is 1.17 bits per heavy atom. The first kappa shape index (κ1) is 17.1. The Hall–Kier alpha value is -3.26. The molecule has 2 aromatic rings. The highest BCUT2D eigenvalue weighted by Gasteiger charge is 2.06. The van der Waals surface area contributed by atoms with Crippen molar-refractivity contribution >= 4 is 12.0 Å². The van der Waals surface area contributed by atoms with E-state index in [1.165, 1.54) is 13.2 Å². The molecule has 0 aliphatic rings. The zero-order valence-electron chi connectivity index (χ0n) is 13.5. The van der Waals surface area contributed by atoms with Crippen LogP contribution in [0.25, 0.3) is 6.08 Å². The summed E-state index contributed by atoms with van der Waals surface area (Å²) in [7, 11) is 2.87. The minimum Gasteiger partial charge on any atom is -0.493 e. The van der Waals surface area contributed by atoms with Gasteiger partial charge in [0, 0.05) is 6.08 Å². The van der Waals surface area contributed by atoms with Crippen LogP contribution in [-0.4, -0.2) is 20.2 Å². The molecule has 5 heteroatoms. The van der Waals surface area contributed by atoms with Gasteiger partial charge < -0.3 is 14.2 Å². The van der Waals surface area contributed by atoms with E-state index in [0.717, 1.165) is 11.1 Å². The number of carbonyl (C=O) groups is 1. The fourth-order valence-electron chi connectivity index (χ4n) is 2.03. The van der Waals surface area contributed by atoms with Gasteiger partial charge in [0.25, 0.3) is 0 Å². The van der Waals surface area contributed by atoms with Crippen LogP contribution in [0.4, 0.5) is 0 Å². The van der Waals surface area contributed by atoms with Crippen molar-refractivity contribution < 1.29 is 19.0 Å². The molecule has 0 heterocycles. The van der Waals surface area contributed by atoms with Crippen molar-refractivity contribution in [1.82, 2.24) is 0 Å². The summed E-state index contributed by atoms with van der Waals surface area (Å²) < 4.78 is 15.6. The molecule has 0 aromatic heterocycles. The summed E-state index contributed by atoms with van der Waals surface area (Å²) in [6.45, 7) is 0.323. The van der Waals surface area contributed by atoms with Crippen LogP contribution in [0.5, 0.6) is 11.5 Å². The van der Waals surface area contributed by atoms with Crippen LogP contribution < -0.4 is 9.47 Å². The Balaban J connectivity index is 2.11. The Morgan fingerprint density at radius 3 is 2.71 bits per heavy atom. The number of esters is 1. The van der Waals surface area contributed by atoms with Crippen molar-refractivity contribution in [3.63, 3.8) is 0 Å². The van der Waals surface area contributed by atoms with Crippen molar-refractivity contribution in [2.45, 2.75) is 6.61 Å². The van der Waals surface area contributed by atoms with E-state index in [1.807, 2.05) is 18.2 Å². The zero-order valence-corrected chi connectivity index (χ0v) is 13.5. The molecule has 0 unspecified atom stereocenters. The lowest BCUT2D eigenvalue weighted by Crippen LogP contribution is -1.98. The van der Waals surface area contributed by atoms with Crippen molar-refractivity contribution in [2.75, 3.05) is 14.2 Å². The molecule has 0 saturated heterocycles. The number of benzene rings is 2. The van der Waals surface area contributed by atoms with E-state index in [9.17, 15) is 4.79 Å². The molecule has 0 amide bonds. The van der Waals surface area contributed by atoms with Crippen LogP contribution in [0.2, 0.25) is 0 Å². The summed E-state index contributed by atoms with van der Waals surface area (Å²) in [5.41, 5.74) is 2.27. The van der Waals surface area contributed by atoms with E-state index in [1.54, 1.807) is 37.5 Å². The first-order valence-corrected chi connectivity index (χ1v) is 7.22. The van der Waals surface area contributed by atoms with Gasteiger partial charge in [0.1, 0.15) is 6.61 Å². The second kappa shape index (κ2) is 8.39. The van der Waals surface area contributed by atoms with Gasteiger partial charge in [-0.25, -0.2) is 4.79 Å². The average molecular weight is 323 g/mol. The maximum Gasteiger partial charge on any atom is 0.330 e. The summed E-state index contributed by atoms with van der Waals surface area (Å²) in [6, 6.07) is 14.7. The molecule has 0 aliphatic heterocycles. The molecule has 0 aliphatic carbocycles. The number of hydrogen-bond donors (Lipinski definition) is 0. The maximum absolute atomic E-state index is 11.1. The van der Waals surface area contributed by atoms with Gasteiger partial charge >= 0.3 is 5.97 Å². The van der Waals surface area contributed by atoms with Gasteiger partial charge in [0.2, 0.25) is 0 Å². The number of nitrogens with zero attached hydrogens (tertiary/aromatic N) is 1. The number of nitriles is 1. The van der Waals surface area contributed by atoms with E-state index in [2.05, 4.69) is 10.8 Å². The third-order valence-corrected chi connectivity index (χ3v) is 3.25. The highest BCUT2D eigenvalue weighted by Crippen LogP contribution is 2.29. The average Bonchev–Trinajstić information content (AvgIpc) is 2.64. The molecular weight excluding hydrogens is 306 g/mol. The van der Waals surface area contributed by atoms with Crippen LogP contribution in [0.15, 0.2) is 48.5 Å². The van der Waals surface area contributed by atoms with Crippen LogP contribution in [-0.2, 0) is 16.1 Å². The molecule has 0 atom stereocenters. The first-order valence-electron chi connectivity index (χ1n) is 7.22. The predicted octanol–water partition coefficient (Wildman–Crippen LogP) is 3.33. The molecule has 0 saturated carbocycles. The fraction of sp³-hybridized carbons (Fsp3) is 0.158. The largest absolute Gasteiger partial charge is 0.493 e. The molecule has 0 radical (unpaired) electrons. The molecule has 2 aromatic carbocycles. The number of rotatable bonds is 6. The number of hydrogen-bond acceptors (Lipinski definition) is 5. The maximum atomic E-state index is 11.1. The quantitative estimate of drug-likeness (QED) is 0.602. The van der Waals surface area contributed by atoms with Gasteiger partial charge in [-0.3, -0.25) is 0 Å². The van der Waals surface area contributed by atoms with Crippen LogP contribution >= 0.6 is 0 Å². The van der Waals surface area contributed by atoms with Crippen molar-refractivity contribution in [3.05, 3.63) is 65.2 Å². The fourth-order valence-corrected chi connectivity index (χ4v) is 2.03. The minimum absolute atomic E-state index is 0.323. The monoisotopic (exact) mass is 323 g/mol. The summed E-state index contributed by atoms with van der Waals surface area (Å²) in [5, 5.41) is 8.92. The van der Waals surface area contributed by atoms with Gasteiger partial charge in [-0.2, -0.15) is 5.26 Å². The standard InChI is InChI=1S/C19H17NO4/c1-22-18-11-14(7-9-19(21)23-2)6-8-17(18)24-13-16-5-3-4-15(10-16)12-20/h3-11H,13H2,1-2H3/b9-7+. The molecule has 2 rings (SSSR count). The highest BCUT2D eigenvalue weighted by molar-refractivity contribution is 5.87. The van der Waals surface area contributed by atoms with Gasteiger partial charge in [-0.1, -0.05) is 18.2 Å². The van der Waals surface area contributed by atoms with E-state index in [4.69, 9.17) is 14.7 Å². The lowest BCUT2D eigenvalue weighted by molar-refractivity contribution is -0.134. The highest BCUT2D eigenvalue weighted by atomic mass is 16.5. The van der Waals surface area contributed by atoms with E-state index < -0.39 is 5.97 Å². The summed E-state index contributed by atoms with van der Waals surface area (Å²) in [4.78, 5) is 11.1. The number of ether oxygens (including phenoxy) is 3. The van der Waals surface area contributed by atoms with Gasteiger partial charge in [0.15, 0.2) is 11.5 Å². The lowest BCUT2D eigenvalue weighted by Gasteiger charge is -2.11. The van der Waals surface area contributed by atoms with Crippen molar-refractivity contribution in [3.8, 4) is 17.6 Å². The molecule has 0 N–H and O–H groups in total. The van der Waals surface area contributed by atoms with E-state index >= 15 is 0 Å². The summed E-state index contributed by atoms with van der Waals surface area (Å²) in [5.74, 6) is 0.709. The van der Waals surface area contributed by atoms with Gasteiger partial charge in [-0.05, 0) is 41.5 Å². The predicted molar refractivity (Wildman–Crippen MR) is 89.5 cm³/mol. The second-order valence-corrected chi connectivity index (χ2v) is 4.87. The van der Waals surface area contributed by atoms with Crippen molar-refractivity contribution in [1.29, 1.82) is 5.26 Å². The molecule has 5 nitrogen and oxygen atoms in total. The Labute approximate surface area is 140 Å². The molecule has 0 spiro atoms. The third-order valence-electron chi connectivity index (χ3n) is 3.25. The SMILES string of the molecule is COC(=O)/C=C/c1ccc(OCc2cccc(C#N)c2)c(OC)c1. The number of carbonyl (C=O) groups excluding carboxylic acids is 1. The molecule has 0 bridgehead atoms. The van der Waals surface area contributed by atoms with Crippen LogP contribution in [0, 0.1) is 11.3 Å². The molecule has 24 heavy (non-hydrogen) atoms. The third kappa shape index (κ3) is 4.62. The molecule has 122 valence electrons. The normalized spacial score (nSPS) is 10.2. The minimum atomic E-state index is -0.424.